The Bertz CT molecular complexity index is 573. The maximum atomic E-state index is 10.6. The van der Waals surface area contributed by atoms with Gasteiger partial charge < -0.3 is 4.90 Å². The molecule has 1 aromatic heterocycles. The van der Waals surface area contributed by atoms with Crippen molar-refractivity contribution in [2.45, 2.75) is 0 Å². The molecule has 96 valence electrons. The largest absolute Gasteiger partial charge is 0.313 e. The second-order valence-electron chi connectivity index (χ2n) is 3.81. The molecule has 0 N–H and O–H groups in total. The van der Waals surface area contributed by atoms with Gasteiger partial charge in [-0.25, -0.2) is 9.98 Å². The Kier molecular flexibility index (Phi) is 3.82. The monoisotopic (exact) mass is 256 g/mol. The van der Waals surface area contributed by atoms with Crippen molar-refractivity contribution in [2.75, 3.05) is 11.4 Å². The van der Waals surface area contributed by atoms with Gasteiger partial charge in [0.05, 0.1) is 17.0 Å². The molecule has 1 aliphatic rings. The normalized spacial score (nSPS) is 18.3. The average Bonchev–Trinajstić information content (AvgIpc) is 2.51. The number of anilines is 1. The standard InChI is InChI=1S/C13H12N4O2/c1-11-5-3-2-4-8-16(10-15-11)13-7-6-12(9-14-13)17(18)19/h2-7,9-10H,1,8H2/b4-2-,5-3-,15-10?. The predicted octanol–water partition coefficient (Wildman–Crippen LogP) is 2.46. The van der Waals surface area contributed by atoms with Crippen LogP contribution in [0.4, 0.5) is 11.5 Å². The first-order valence-corrected chi connectivity index (χ1v) is 5.60. The second-order valence-corrected chi connectivity index (χ2v) is 3.81. The summed E-state index contributed by atoms with van der Waals surface area (Å²) in [6.45, 7) is 4.34. The van der Waals surface area contributed by atoms with Gasteiger partial charge in [0.1, 0.15) is 12.0 Å². The summed E-state index contributed by atoms with van der Waals surface area (Å²) in [5.74, 6) is 0.591. The fourth-order valence-electron chi connectivity index (χ4n) is 1.46. The van der Waals surface area contributed by atoms with E-state index in [1.165, 1.54) is 12.3 Å². The van der Waals surface area contributed by atoms with Crippen LogP contribution in [0.25, 0.3) is 0 Å². The third-order valence-electron chi connectivity index (χ3n) is 2.44. The zero-order valence-corrected chi connectivity index (χ0v) is 10.1. The van der Waals surface area contributed by atoms with Crippen LogP contribution in [0.2, 0.25) is 0 Å². The third-order valence-corrected chi connectivity index (χ3v) is 2.44. The minimum atomic E-state index is -0.477. The Labute approximate surface area is 110 Å². The van der Waals surface area contributed by atoms with Crippen molar-refractivity contribution in [1.82, 2.24) is 4.98 Å². The van der Waals surface area contributed by atoms with Crippen LogP contribution in [0.1, 0.15) is 0 Å². The summed E-state index contributed by atoms with van der Waals surface area (Å²) < 4.78 is 0. The molecule has 0 radical (unpaired) electrons. The molecule has 0 atom stereocenters. The summed E-state index contributed by atoms with van der Waals surface area (Å²) in [4.78, 5) is 20.1. The van der Waals surface area contributed by atoms with E-state index < -0.39 is 4.92 Å². The summed E-state index contributed by atoms with van der Waals surface area (Å²) in [5.41, 5.74) is 0.588. The Morgan fingerprint density at radius 3 is 2.89 bits per heavy atom. The molecule has 1 aliphatic heterocycles. The van der Waals surface area contributed by atoms with Crippen molar-refractivity contribution >= 4 is 17.8 Å². The molecule has 0 saturated carbocycles. The van der Waals surface area contributed by atoms with Gasteiger partial charge >= 0.3 is 0 Å². The highest BCUT2D eigenvalue weighted by molar-refractivity contribution is 5.78. The molecule has 19 heavy (non-hydrogen) atoms. The average molecular weight is 256 g/mol. The van der Waals surface area contributed by atoms with E-state index >= 15 is 0 Å². The zero-order chi connectivity index (χ0) is 13.7. The van der Waals surface area contributed by atoms with Crippen LogP contribution in [0.5, 0.6) is 0 Å². The van der Waals surface area contributed by atoms with Crippen molar-refractivity contribution in [2.24, 2.45) is 4.99 Å². The molecule has 0 unspecified atom stereocenters. The zero-order valence-electron chi connectivity index (χ0n) is 10.1. The summed E-state index contributed by atoms with van der Waals surface area (Å²) in [5, 5.41) is 10.6. The minimum absolute atomic E-state index is 0.0356. The van der Waals surface area contributed by atoms with Crippen molar-refractivity contribution in [3.8, 4) is 0 Å². The van der Waals surface area contributed by atoms with Crippen LogP contribution < -0.4 is 4.90 Å². The molecule has 0 aromatic carbocycles. The van der Waals surface area contributed by atoms with E-state index in [1.807, 2.05) is 18.2 Å². The number of allylic oxidation sites excluding steroid dienone is 3. The maximum Gasteiger partial charge on any atom is 0.287 e. The Morgan fingerprint density at radius 2 is 2.21 bits per heavy atom. The molecule has 0 amide bonds. The maximum absolute atomic E-state index is 10.6. The molecule has 0 saturated heterocycles. The number of hydrogen-bond donors (Lipinski definition) is 0. The molecule has 2 rings (SSSR count). The second kappa shape index (κ2) is 5.72. The number of nitro groups is 1. The highest BCUT2D eigenvalue weighted by Gasteiger charge is 2.09. The van der Waals surface area contributed by atoms with Crippen molar-refractivity contribution in [3.05, 3.63) is 65.0 Å². The first-order valence-electron chi connectivity index (χ1n) is 5.60. The topological polar surface area (TPSA) is 71.6 Å². The summed E-state index contributed by atoms with van der Waals surface area (Å²) >= 11 is 0. The quantitative estimate of drug-likeness (QED) is 0.602. The number of aromatic nitrogens is 1. The fourth-order valence-corrected chi connectivity index (χ4v) is 1.46. The van der Waals surface area contributed by atoms with Gasteiger partial charge in [-0.2, -0.15) is 0 Å². The number of nitrogens with zero attached hydrogens (tertiary/aromatic N) is 4. The lowest BCUT2D eigenvalue weighted by Gasteiger charge is -2.15. The molecule has 1 aromatic rings. The van der Waals surface area contributed by atoms with Gasteiger partial charge in [0.25, 0.3) is 5.69 Å². The first-order chi connectivity index (χ1) is 9.16. The highest BCUT2D eigenvalue weighted by Crippen LogP contribution is 2.15. The number of hydrogen-bond acceptors (Lipinski definition) is 5. The smallest absolute Gasteiger partial charge is 0.287 e. The minimum Gasteiger partial charge on any atom is -0.313 e. The predicted molar refractivity (Wildman–Crippen MR) is 74.1 cm³/mol. The molecule has 6 nitrogen and oxygen atoms in total. The lowest BCUT2D eigenvalue weighted by molar-refractivity contribution is -0.385. The third kappa shape index (κ3) is 3.35. The van der Waals surface area contributed by atoms with Gasteiger partial charge in [-0.05, 0) is 12.1 Å². The van der Waals surface area contributed by atoms with E-state index in [4.69, 9.17) is 0 Å². The van der Waals surface area contributed by atoms with Gasteiger partial charge in [0, 0.05) is 12.6 Å². The van der Waals surface area contributed by atoms with E-state index in [2.05, 4.69) is 16.6 Å². The molecule has 0 fully saturated rings. The van der Waals surface area contributed by atoms with Crippen molar-refractivity contribution in [3.63, 3.8) is 0 Å². The van der Waals surface area contributed by atoms with Gasteiger partial charge in [-0.15, -0.1) is 0 Å². The van der Waals surface area contributed by atoms with Gasteiger partial charge in [0.15, 0.2) is 0 Å². The molecular weight excluding hydrogens is 244 g/mol. The molecular formula is C13H12N4O2. The van der Waals surface area contributed by atoms with E-state index in [1.54, 1.807) is 23.4 Å². The SMILES string of the molecule is C=C1/C=C\C=C/CN(c2ccc([N+](=O)[O-])cn2)C=N1. The van der Waals surface area contributed by atoms with Crippen LogP contribution in [0.3, 0.4) is 0 Å². The molecule has 0 bridgehead atoms. The van der Waals surface area contributed by atoms with Crippen LogP contribution in [-0.4, -0.2) is 22.8 Å². The van der Waals surface area contributed by atoms with Crippen molar-refractivity contribution in [1.29, 1.82) is 0 Å². The highest BCUT2D eigenvalue weighted by atomic mass is 16.6. The van der Waals surface area contributed by atoms with E-state index in [0.29, 0.717) is 18.1 Å². The Hall–Kier alpha value is -2.76. The summed E-state index contributed by atoms with van der Waals surface area (Å²) in [7, 11) is 0. The molecule has 0 spiro atoms. The summed E-state index contributed by atoms with van der Waals surface area (Å²) in [6.07, 6.45) is 10.3. The Balaban J connectivity index is 2.24. The first kappa shape index (κ1) is 12.7. The number of rotatable bonds is 2. The van der Waals surface area contributed by atoms with E-state index in [0.717, 1.165) is 0 Å². The molecule has 0 aliphatic carbocycles. The number of pyridine rings is 1. The van der Waals surface area contributed by atoms with Crippen LogP contribution in [-0.2, 0) is 0 Å². The van der Waals surface area contributed by atoms with Gasteiger partial charge in [0.2, 0.25) is 0 Å². The van der Waals surface area contributed by atoms with E-state index in [-0.39, 0.29) is 5.69 Å². The number of aliphatic imine (C=N–C) groups is 1. The lowest BCUT2D eigenvalue weighted by Crippen LogP contribution is -2.22. The lowest BCUT2D eigenvalue weighted by atomic mass is 10.3. The fraction of sp³-hybridized carbons (Fsp3) is 0.0769. The van der Waals surface area contributed by atoms with E-state index in [9.17, 15) is 10.1 Å². The van der Waals surface area contributed by atoms with Crippen LogP contribution >= 0.6 is 0 Å². The van der Waals surface area contributed by atoms with Crippen LogP contribution in [0, 0.1) is 10.1 Å². The molecule has 2 heterocycles. The Morgan fingerprint density at radius 1 is 1.37 bits per heavy atom. The van der Waals surface area contributed by atoms with Gasteiger partial charge in [-0.1, -0.05) is 24.8 Å². The van der Waals surface area contributed by atoms with Gasteiger partial charge in [-0.3, -0.25) is 10.1 Å². The van der Waals surface area contributed by atoms with Crippen LogP contribution in [0.15, 0.2) is 59.9 Å². The summed E-state index contributed by atoms with van der Waals surface area (Å²) in [6, 6.07) is 3.01. The van der Waals surface area contributed by atoms with Crippen molar-refractivity contribution < 1.29 is 4.92 Å². The molecule has 6 heteroatoms.